The number of hydrogen-bond acceptors (Lipinski definition) is 3. The maximum absolute atomic E-state index is 12.3. The number of hydrogen-bond donors (Lipinski definition) is 0. The molecule has 1 aromatic rings. The van der Waals surface area contributed by atoms with Gasteiger partial charge in [-0.15, -0.1) is 13.2 Å². The van der Waals surface area contributed by atoms with Crippen molar-refractivity contribution in [3.05, 3.63) is 29.8 Å². The van der Waals surface area contributed by atoms with Crippen LogP contribution in [-0.2, 0) is 11.3 Å². The van der Waals surface area contributed by atoms with Crippen molar-refractivity contribution in [2.24, 2.45) is 5.92 Å². The summed E-state index contributed by atoms with van der Waals surface area (Å²) in [4.78, 5) is 16.0. The molecule has 1 saturated carbocycles. The van der Waals surface area contributed by atoms with E-state index in [2.05, 4.69) is 9.64 Å². The van der Waals surface area contributed by atoms with Crippen LogP contribution in [-0.4, -0.2) is 48.2 Å². The van der Waals surface area contributed by atoms with Gasteiger partial charge in [0.25, 0.3) is 0 Å². The first-order chi connectivity index (χ1) is 10.9. The lowest BCUT2D eigenvalue weighted by Gasteiger charge is -2.35. The number of carbonyl (C=O) groups is 1. The molecule has 1 aromatic carbocycles. The molecule has 3 rings (SSSR count). The Morgan fingerprint density at radius 3 is 2.48 bits per heavy atom. The zero-order valence-electron chi connectivity index (χ0n) is 12.7. The van der Waals surface area contributed by atoms with Gasteiger partial charge in [-0.2, -0.15) is 0 Å². The molecule has 2 aliphatic rings. The van der Waals surface area contributed by atoms with E-state index in [9.17, 15) is 18.0 Å². The molecule has 0 spiro atoms. The van der Waals surface area contributed by atoms with Crippen LogP contribution >= 0.6 is 0 Å². The summed E-state index contributed by atoms with van der Waals surface area (Å²) in [7, 11) is 0. The molecule has 1 heterocycles. The van der Waals surface area contributed by atoms with Crippen molar-refractivity contribution in [1.29, 1.82) is 0 Å². The number of halogens is 3. The smallest absolute Gasteiger partial charge is 0.406 e. The zero-order chi connectivity index (χ0) is 16.4. The fourth-order valence-electron chi connectivity index (χ4n) is 2.81. The number of amides is 1. The second-order valence-electron chi connectivity index (χ2n) is 6.07. The van der Waals surface area contributed by atoms with E-state index in [4.69, 9.17) is 0 Å². The van der Waals surface area contributed by atoms with Gasteiger partial charge in [-0.3, -0.25) is 9.69 Å². The van der Waals surface area contributed by atoms with Crippen molar-refractivity contribution in [2.45, 2.75) is 25.7 Å². The van der Waals surface area contributed by atoms with Crippen molar-refractivity contribution < 1.29 is 22.7 Å². The van der Waals surface area contributed by atoms with Crippen molar-refractivity contribution in [1.82, 2.24) is 9.80 Å². The number of nitrogens with zero attached hydrogens (tertiary/aromatic N) is 2. The van der Waals surface area contributed by atoms with E-state index in [0.717, 1.165) is 31.5 Å². The van der Waals surface area contributed by atoms with Crippen LogP contribution in [0.1, 0.15) is 18.4 Å². The summed E-state index contributed by atoms with van der Waals surface area (Å²) in [5.74, 6) is 0.292. The minimum atomic E-state index is -4.67. The Kier molecular flexibility index (Phi) is 4.48. The fourth-order valence-corrected chi connectivity index (χ4v) is 2.81. The Bertz CT molecular complexity index is 565. The summed E-state index contributed by atoms with van der Waals surface area (Å²) >= 11 is 0. The van der Waals surface area contributed by atoms with Crippen molar-refractivity contribution in [2.75, 3.05) is 26.2 Å². The Morgan fingerprint density at radius 2 is 1.87 bits per heavy atom. The molecule has 0 atom stereocenters. The Morgan fingerprint density at radius 1 is 1.17 bits per heavy atom. The highest BCUT2D eigenvalue weighted by Crippen LogP contribution is 2.31. The van der Waals surface area contributed by atoms with Gasteiger partial charge in [0.15, 0.2) is 0 Å². The van der Waals surface area contributed by atoms with E-state index >= 15 is 0 Å². The van der Waals surface area contributed by atoms with Crippen molar-refractivity contribution in [3.8, 4) is 5.75 Å². The number of benzene rings is 1. The Labute approximate surface area is 132 Å². The number of carbonyl (C=O) groups excluding carboxylic acids is 1. The maximum atomic E-state index is 12.3. The van der Waals surface area contributed by atoms with Gasteiger partial charge in [0.1, 0.15) is 5.75 Å². The van der Waals surface area contributed by atoms with E-state index in [1.54, 1.807) is 12.1 Å². The minimum absolute atomic E-state index is 0.197. The highest BCUT2D eigenvalue weighted by Gasteiger charge is 2.34. The standard InChI is InChI=1S/C16H19F3N2O2/c17-16(18,19)23-14-3-1-2-12(10-14)11-20-6-8-21(9-7-20)15(22)13-4-5-13/h1-3,10,13H,4-9,11H2. The molecule has 0 radical (unpaired) electrons. The van der Waals surface area contributed by atoms with Gasteiger partial charge < -0.3 is 9.64 Å². The number of alkyl halides is 3. The van der Waals surface area contributed by atoms with Gasteiger partial charge in [0.2, 0.25) is 5.91 Å². The van der Waals surface area contributed by atoms with Crippen LogP contribution in [0.2, 0.25) is 0 Å². The summed E-state index contributed by atoms with van der Waals surface area (Å²) in [5.41, 5.74) is 0.772. The van der Waals surface area contributed by atoms with E-state index in [1.165, 1.54) is 12.1 Å². The van der Waals surface area contributed by atoms with Gasteiger partial charge in [-0.25, -0.2) is 0 Å². The third-order valence-corrected chi connectivity index (χ3v) is 4.15. The second kappa shape index (κ2) is 6.39. The molecule has 23 heavy (non-hydrogen) atoms. The third-order valence-electron chi connectivity index (χ3n) is 4.15. The Hall–Kier alpha value is -1.76. The molecule has 1 aliphatic heterocycles. The molecule has 0 aromatic heterocycles. The molecular formula is C16H19F3N2O2. The van der Waals surface area contributed by atoms with Crippen molar-refractivity contribution in [3.63, 3.8) is 0 Å². The maximum Gasteiger partial charge on any atom is 0.573 e. The lowest BCUT2D eigenvalue weighted by molar-refractivity contribution is -0.274. The first-order valence-electron chi connectivity index (χ1n) is 7.76. The average Bonchev–Trinajstić information content (AvgIpc) is 3.30. The topological polar surface area (TPSA) is 32.8 Å². The van der Waals surface area contributed by atoms with Gasteiger partial charge in [0.05, 0.1) is 0 Å². The third kappa shape index (κ3) is 4.60. The number of piperazine rings is 1. The molecule has 1 saturated heterocycles. The van der Waals surface area contributed by atoms with Crippen LogP contribution < -0.4 is 4.74 Å². The van der Waals surface area contributed by atoms with Crippen LogP contribution in [0.25, 0.3) is 0 Å². The van der Waals surface area contributed by atoms with Gasteiger partial charge in [0, 0.05) is 38.6 Å². The second-order valence-corrected chi connectivity index (χ2v) is 6.07. The quantitative estimate of drug-likeness (QED) is 0.852. The lowest BCUT2D eigenvalue weighted by atomic mass is 10.2. The van der Waals surface area contributed by atoms with Gasteiger partial charge >= 0.3 is 6.36 Å². The first-order valence-corrected chi connectivity index (χ1v) is 7.76. The summed E-state index contributed by atoms with van der Waals surface area (Å²) in [6.07, 6.45) is -2.66. The Balaban J connectivity index is 1.52. The highest BCUT2D eigenvalue weighted by atomic mass is 19.4. The molecule has 1 aliphatic carbocycles. The monoisotopic (exact) mass is 328 g/mol. The molecule has 7 heteroatoms. The minimum Gasteiger partial charge on any atom is -0.406 e. The number of ether oxygens (including phenoxy) is 1. The highest BCUT2D eigenvalue weighted by molar-refractivity contribution is 5.81. The van der Waals surface area contributed by atoms with Gasteiger partial charge in [-0.1, -0.05) is 12.1 Å². The molecule has 1 amide bonds. The largest absolute Gasteiger partial charge is 0.573 e. The van der Waals surface area contributed by atoms with E-state index < -0.39 is 6.36 Å². The molecule has 2 fully saturated rings. The molecule has 126 valence electrons. The average molecular weight is 328 g/mol. The summed E-state index contributed by atoms with van der Waals surface area (Å²) in [5, 5.41) is 0. The normalized spacial score (nSPS) is 19.7. The zero-order valence-corrected chi connectivity index (χ0v) is 12.7. The SMILES string of the molecule is O=C(C1CC1)N1CCN(Cc2cccc(OC(F)(F)F)c2)CC1. The summed E-state index contributed by atoms with van der Waals surface area (Å²) in [6, 6.07) is 6.05. The predicted molar refractivity (Wildman–Crippen MR) is 77.7 cm³/mol. The van der Waals surface area contributed by atoms with Crippen molar-refractivity contribution >= 4 is 5.91 Å². The van der Waals surface area contributed by atoms with E-state index in [1.807, 2.05) is 4.90 Å². The summed E-state index contributed by atoms with van der Waals surface area (Å²) in [6.45, 7) is 3.41. The fraction of sp³-hybridized carbons (Fsp3) is 0.562. The van der Waals surface area contributed by atoms with E-state index in [-0.39, 0.29) is 17.6 Å². The van der Waals surface area contributed by atoms with Gasteiger partial charge in [-0.05, 0) is 30.5 Å². The molecule has 0 unspecified atom stereocenters. The van der Waals surface area contributed by atoms with Crippen LogP contribution in [0.4, 0.5) is 13.2 Å². The van der Waals surface area contributed by atoms with Crippen LogP contribution in [0, 0.1) is 5.92 Å². The molecule has 0 N–H and O–H groups in total. The van der Waals surface area contributed by atoms with Crippen LogP contribution in [0.5, 0.6) is 5.75 Å². The summed E-state index contributed by atoms with van der Waals surface area (Å²) < 4.78 is 40.7. The van der Waals surface area contributed by atoms with Crippen LogP contribution in [0.15, 0.2) is 24.3 Å². The molecular weight excluding hydrogens is 309 g/mol. The lowest BCUT2D eigenvalue weighted by Crippen LogP contribution is -2.48. The molecule has 4 nitrogen and oxygen atoms in total. The molecule has 0 bridgehead atoms. The van der Waals surface area contributed by atoms with E-state index in [0.29, 0.717) is 19.6 Å². The van der Waals surface area contributed by atoms with Crippen LogP contribution in [0.3, 0.4) is 0 Å². The predicted octanol–water partition coefficient (Wildman–Crippen LogP) is 2.64. The first kappa shape index (κ1) is 16.1. The number of rotatable bonds is 4.